The van der Waals surface area contributed by atoms with Gasteiger partial charge in [0.05, 0.1) is 19.6 Å². The van der Waals surface area contributed by atoms with E-state index < -0.39 is 6.09 Å². The summed E-state index contributed by atoms with van der Waals surface area (Å²) in [5.74, 6) is -0.260. The molecule has 0 heterocycles. The van der Waals surface area contributed by atoms with Crippen LogP contribution in [0.1, 0.15) is 31.2 Å². The minimum absolute atomic E-state index is 0.175. The molecule has 146 valence electrons. The highest BCUT2D eigenvalue weighted by molar-refractivity contribution is 5.83. The lowest BCUT2D eigenvalue weighted by atomic mass is 9.91. The highest BCUT2D eigenvalue weighted by Crippen LogP contribution is 2.23. The number of nitrogens with zero attached hydrogens (tertiary/aromatic N) is 1. The molecule has 1 aromatic rings. The molecule has 0 saturated heterocycles. The number of rotatable bonds is 8. The molecule has 2 rings (SSSR count). The first-order valence-electron chi connectivity index (χ1n) is 9.07. The summed E-state index contributed by atoms with van der Waals surface area (Å²) in [6.07, 6.45) is 4.16. The number of benzene rings is 1. The van der Waals surface area contributed by atoms with Gasteiger partial charge >= 0.3 is 12.1 Å². The molecule has 7 nitrogen and oxygen atoms in total. The average molecular weight is 373 g/mol. The van der Waals surface area contributed by atoms with E-state index in [1.54, 1.807) is 13.3 Å². The molecule has 1 aliphatic rings. The number of hydrogen-bond acceptors (Lipinski definition) is 6. The first-order chi connectivity index (χ1) is 13.1. The smallest absolute Gasteiger partial charge is 0.407 e. The van der Waals surface area contributed by atoms with Crippen LogP contribution in [0.25, 0.3) is 0 Å². The standard InChI is InChI=1S/C20H27N3O4/c1-21-13-16-17(22-12-11-19(24)26-2)9-6-10-18(16)23-20(25)27-14-15-7-4-3-5-8-15/h3-5,7-8,13,18,22H,6,9-12,14H2,1-2H3,(H,23,25)/b21-13-/t18-/m1/s1. The summed E-state index contributed by atoms with van der Waals surface area (Å²) in [7, 11) is 3.07. The Balaban J connectivity index is 1.95. The number of alkyl carbamates (subject to hydrolysis) is 1. The first kappa shape index (κ1) is 20.5. The van der Waals surface area contributed by atoms with Gasteiger partial charge in [-0.05, 0) is 24.8 Å². The molecule has 0 aromatic heterocycles. The Kier molecular flexibility index (Phi) is 8.35. The van der Waals surface area contributed by atoms with Crippen molar-refractivity contribution in [3.63, 3.8) is 0 Å². The second-order valence-electron chi connectivity index (χ2n) is 6.22. The summed E-state index contributed by atoms with van der Waals surface area (Å²) in [4.78, 5) is 27.6. The van der Waals surface area contributed by atoms with Gasteiger partial charge in [-0.1, -0.05) is 30.3 Å². The normalized spacial score (nSPS) is 16.9. The fraction of sp³-hybridized carbons (Fsp3) is 0.450. The number of nitrogens with one attached hydrogen (secondary N) is 2. The summed E-state index contributed by atoms with van der Waals surface area (Å²) < 4.78 is 9.98. The minimum Gasteiger partial charge on any atom is -0.469 e. The van der Waals surface area contributed by atoms with Crippen molar-refractivity contribution in [2.45, 2.75) is 38.3 Å². The van der Waals surface area contributed by atoms with Crippen molar-refractivity contribution < 1.29 is 19.1 Å². The third kappa shape index (κ3) is 6.77. The van der Waals surface area contributed by atoms with E-state index in [0.717, 1.165) is 36.1 Å². The Morgan fingerprint density at radius 2 is 2.07 bits per heavy atom. The van der Waals surface area contributed by atoms with Gasteiger partial charge in [0.15, 0.2) is 0 Å². The maximum absolute atomic E-state index is 12.2. The van der Waals surface area contributed by atoms with E-state index in [9.17, 15) is 9.59 Å². The Morgan fingerprint density at radius 3 is 2.78 bits per heavy atom. The molecule has 7 heteroatoms. The van der Waals surface area contributed by atoms with Crippen LogP contribution in [0.4, 0.5) is 4.79 Å². The van der Waals surface area contributed by atoms with Crippen molar-refractivity contribution in [3.05, 3.63) is 47.2 Å². The van der Waals surface area contributed by atoms with Gasteiger partial charge in [0, 0.05) is 31.1 Å². The lowest BCUT2D eigenvalue weighted by Gasteiger charge is -2.27. The third-order valence-electron chi connectivity index (χ3n) is 4.31. The second kappa shape index (κ2) is 11.0. The fourth-order valence-corrected chi connectivity index (χ4v) is 2.97. The summed E-state index contributed by atoms with van der Waals surface area (Å²) in [6.45, 7) is 0.707. The van der Waals surface area contributed by atoms with Crippen LogP contribution < -0.4 is 10.6 Å². The van der Waals surface area contributed by atoms with E-state index in [4.69, 9.17) is 4.74 Å². The van der Waals surface area contributed by atoms with Gasteiger partial charge < -0.3 is 20.1 Å². The minimum atomic E-state index is -0.457. The van der Waals surface area contributed by atoms with Crippen LogP contribution in [0.3, 0.4) is 0 Å². The molecule has 1 aliphatic carbocycles. The molecule has 0 saturated carbocycles. The van der Waals surface area contributed by atoms with Crippen LogP contribution in [0, 0.1) is 0 Å². The van der Waals surface area contributed by atoms with Crippen LogP contribution in [-0.4, -0.2) is 45.0 Å². The van der Waals surface area contributed by atoms with Gasteiger partial charge in [-0.3, -0.25) is 9.79 Å². The average Bonchev–Trinajstić information content (AvgIpc) is 2.69. The van der Waals surface area contributed by atoms with Gasteiger partial charge in [0.25, 0.3) is 0 Å². The van der Waals surface area contributed by atoms with Crippen molar-refractivity contribution >= 4 is 18.3 Å². The molecule has 0 unspecified atom stereocenters. The molecule has 0 radical (unpaired) electrons. The zero-order valence-corrected chi connectivity index (χ0v) is 15.9. The fourth-order valence-electron chi connectivity index (χ4n) is 2.97. The highest BCUT2D eigenvalue weighted by Gasteiger charge is 2.24. The Bertz CT molecular complexity index is 686. The molecule has 27 heavy (non-hydrogen) atoms. The summed E-state index contributed by atoms with van der Waals surface area (Å²) in [6, 6.07) is 9.37. The van der Waals surface area contributed by atoms with Gasteiger partial charge in [-0.2, -0.15) is 0 Å². The number of methoxy groups -OCH3 is 1. The van der Waals surface area contributed by atoms with E-state index in [-0.39, 0.29) is 25.0 Å². The first-order valence-corrected chi connectivity index (χ1v) is 9.07. The molecule has 1 atom stereocenters. The zero-order chi connectivity index (χ0) is 19.5. The molecule has 0 aliphatic heterocycles. The molecule has 0 bridgehead atoms. The van der Waals surface area contributed by atoms with Crippen LogP contribution in [-0.2, 0) is 20.9 Å². The molecular formula is C20H27N3O4. The maximum Gasteiger partial charge on any atom is 0.407 e. The van der Waals surface area contributed by atoms with Crippen molar-refractivity contribution in [1.29, 1.82) is 0 Å². The van der Waals surface area contributed by atoms with Crippen molar-refractivity contribution in [1.82, 2.24) is 10.6 Å². The lowest BCUT2D eigenvalue weighted by molar-refractivity contribution is -0.140. The lowest BCUT2D eigenvalue weighted by Crippen LogP contribution is -2.40. The van der Waals surface area contributed by atoms with Crippen LogP contribution in [0.2, 0.25) is 0 Å². The molecule has 1 aromatic carbocycles. The largest absolute Gasteiger partial charge is 0.469 e. The quantitative estimate of drug-likeness (QED) is 0.540. The number of hydrogen-bond donors (Lipinski definition) is 2. The van der Waals surface area contributed by atoms with Crippen LogP contribution >= 0.6 is 0 Å². The van der Waals surface area contributed by atoms with E-state index in [0.29, 0.717) is 6.54 Å². The van der Waals surface area contributed by atoms with E-state index in [1.807, 2.05) is 30.3 Å². The number of carbonyl (C=O) groups excluding carboxylic acids is 2. The molecular weight excluding hydrogens is 346 g/mol. The van der Waals surface area contributed by atoms with Crippen molar-refractivity contribution in [3.8, 4) is 0 Å². The van der Waals surface area contributed by atoms with Gasteiger partial charge in [0.1, 0.15) is 6.61 Å². The predicted octanol–water partition coefficient (Wildman–Crippen LogP) is 2.57. The third-order valence-corrected chi connectivity index (χ3v) is 4.31. The molecule has 2 N–H and O–H groups in total. The maximum atomic E-state index is 12.2. The van der Waals surface area contributed by atoms with Crippen LogP contribution in [0.5, 0.6) is 0 Å². The van der Waals surface area contributed by atoms with Crippen LogP contribution in [0.15, 0.2) is 46.6 Å². The molecule has 1 amide bonds. The van der Waals surface area contributed by atoms with Gasteiger partial charge in [-0.15, -0.1) is 0 Å². The number of amides is 1. The number of esters is 1. The number of carbonyl (C=O) groups is 2. The summed E-state index contributed by atoms with van der Waals surface area (Å²) in [5, 5.41) is 6.20. The molecule has 0 spiro atoms. The SMILES string of the molecule is C/N=C\C1=C(NCCC(=O)OC)CCC[C@H]1NC(=O)OCc1ccccc1. The molecule has 0 fully saturated rings. The van der Waals surface area contributed by atoms with Gasteiger partial charge in [-0.25, -0.2) is 4.79 Å². The Morgan fingerprint density at radius 1 is 1.30 bits per heavy atom. The van der Waals surface area contributed by atoms with E-state index in [2.05, 4.69) is 20.4 Å². The van der Waals surface area contributed by atoms with Crippen molar-refractivity contribution in [2.75, 3.05) is 20.7 Å². The Hall–Kier alpha value is -2.83. The number of aliphatic imine (C=N–C) groups is 1. The van der Waals surface area contributed by atoms with E-state index >= 15 is 0 Å². The summed E-state index contributed by atoms with van der Waals surface area (Å²) >= 11 is 0. The second-order valence-corrected chi connectivity index (χ2v) is 6.22. The predicted molar refractivity (Wildman–Crippen MR) is 103 cm³/mol. The Labute approximate surface area is 159 Å². The number of allylic oxidation sites excluding steroid dienone is 1. The monoisotopic (exact) mass is 373 g/mol. The van der Waals surface area contributed by atoms with Gasteiger partial charge in [0.2, 0.25) is 0 Å². The highest BCUT2D eigenvalue weighted by atomic mass is 16.5. The zero-order valence-electron chi connectivity index (χ0n) is 15.9. The number of ether oxygens (including phenoxy) is 2. The van der Waals surface area contributed by atoms with E-state index in [1.165, 1.54) is 7.11 Å². The topological polar surface area (TPSA) is 89.0 Å². The van der Waals surface area contributed by atoms with Crippen molar-refractivity contribution in [2.24, 2.45) is 4.99 Å². The summed E-state index contributed by atoms with van der Waals surface area (Å²) in [5.41, 5.74) is 2.85.